The third kappa shape index (κ3) is 4.94. The van der Waals surface area contributed by atoms with E-state index in [0.717, 1.165) is 30.3 Å². The molecule has 1 fully saturated rings. The lowest BCUT2D eigenvalue weighted by Gasteiger charge is -2.34. The van der Waals surface area contributed by atoms with Crippen molar-refractivity contribution in [3.63, 3.8) is 0 Å². The van der Waals surface area contributed by atoms with E-state index in [1.54, 1.807) is 0 Å². The van der Waals surface area contributed by atoms with Gasteiger partial charge in [-0.3, -0.25) is 4.90 Å². The SMILES string of the molecule is Cc1cc(CN2CCN(C(=O)Nc3ccccc3Oc3ccccc3)CC2)on1. The molecule has 0 unspecified atom stereocenters. The highest BCUT2D eigenvalue weighted by atomic mass is 16.5. The fraction of sp³-hybridized carbons (Fsp3) is 0.273. The molecule has 1 aliphatic heterocycles. The number of hydrogen-bond acceptors (Lipinski definition) is 5. The summed E-state index contributed by atoms with van der Waals surface area (Å²) in [4.78, 5) is 16.8. The van der Waals surface area contributed by atoms with Crippen LogP contribution in [-0.4, -0.2) is 47.2 Å². The predicted octanol–water partition coefficient (Wildman–Crippen LogP) is 4.13. The fourth-order valence-electron chi connectivity index (χ4n) is 3.29. The molecular weight excluding hydrogens is 368 g/mol. The van der Waals surface area contributed by atoms with E-state index in [1.807, 2.05) is 72.5 Å². The van der Waals surface area contributed by atoms with Crippen LogP contribution in [0.25, 0.3) is 0 Å². The smallest absolute Gasteiger partial charge is 0.322 e. The number of amides is 2. The first-order valence-electron chi connectivity index (χ1n) is 9.70. The summed E-state index contributed by atoms with van der Waals surface area (Å²) in [5.41, 5.74) is 1.54. The maximum atomic E-state index is 12.8. The van der Waals surface area contributed by atoms with Crippen LogP contribution < -0.4 is 10.1 Å². The zero-order valence-electron chi connectivity index (χ0n) is 16.4. The molecule has 1 aliphatic rings. The molecule has 2 aromatic carbocycles. The number of carbonyl (C=O) groups is 1. The van der Waals surface area contributed by atoms with Gasteiger partial charge in [-0.1, -0.05) is 35.5 Å². The topological polar surface area (TPSA) is 70.8 Å². The van der Waals surface area contributed by atoms with Crippen LogP contribution in [0.15, 0.2) is 65.2 Å². The van der Waals surface area contributed by atoms with Crippen LogP contribution in [0.1, 0.15) is 11.5 Å². The van der Waals surface area contributed by atoms with Crippen LogP contribution in [0.2, 0.25) is 0 Å². The summed E-state index contributed by atoms with van der Waals surface area (Å²) >= 11 is 0. The Morgan fingerprint density at radius 2 is 1.79 bits per heavy atom. The Balaban J connectivity index is 1.33. The number of rotatable bonds is 5. The predicted molar refractivity (Wildman–Crippen MR) is 110 cm³/mol. The van der Waals surface area contributed by atoms with E-state index in [2.05, 4.69) is 15.4 Å². The molecular formula is C22H24N4O3. The van der Waals surface area contributed by atoms with E-state index >= 15 is 0 Å². The second-order valence-corrected chi connectivity index (χ2v) is 7.04. The molecule has 29 heavy (non-hydrogen) atoms. The second-order valence-electron chi connectivity index (χ2n) is 7.04. The monoisotopic (exact) mass is 392 g/mol. The molecule has 1 aromatic heterocycles. The van der Waals surface area contributed by atoms with Crippen LogP contribution in [0.3, 0.4) is 0 Å². The van der Waals surface area contributed by atoms with E-state index in [0.29, 0.717) is 31.1 Å². The van der Waals surface area contributed by atoms with E-state index < -0.39 is 0 Å². The Morgan fingerprint density at radius 3 is 2.52 bits per heavy atom. The van der Waals surface area contributed by atoms with E-state index in [4.69, 9.17) is 9.26 Å². The summed E-state index contributed by atoms with van der Waals surface area (Å²) in [7, 11) is 0. The van der Waals surface area contributed by atoms with Crippen molar-refractivity contribution in [2.75, 3.05) is 31.5 Å². The molecule has 1 N–H and O–H groups in total. The minimum atomic E-state index is -0.121. The number of piperazine rings is 1. The van der Waals surface area contributed by atoms with Gasteiger partial charge in [0.2, 0.25) is 0 Å². The Kier molecular flexibility index (Phi) is 5.76. The Bertz CT molecular complexity index is 949. The fourth-order valence-corrected chi connectivity index (χ4v) is 3.29. The first-order valence-corrected chi connectivity index (χ1v) is 9.70. The quantitative estimate of drug-likeness (QED) is 0.707. The van der Waals surface area contributed by atoms with Gasteiger partial charge < -0.3 is 19.5 Å². The van der Waals surface area contributed by atoms with Crippen molar-refractivity contribution < 1.29 is 14.1 Å². The number of nitrogens with one attached hydrogen (secondary N) is 1. The minimum absolute atomic E-state index is 0.121. The van der Waals surface area contributed by atoms with Gasteiger partial charge in [0.05, 0.1) is 17.9 Å². The van der Waals surface area contributed by atoms with Gasteiger partial charge in [-0.2, -0.15) is 0 Å². The number of para-hydroxylation sites is 3. The normalized spacial score (nSPS) is 14.6. The third-order valence-corrected chi connectivity index (χ3v) is 4.82. The molecule has 0 saturated carbocycles. The number of benzene rings is 2. The van der Waals surface area contributed by atoms with E-state index in [-0.39, 0.29) is 6.03 Å². The summed E-state index contributed by atoms with van der Waals surface area (Å²) in [6.07, 6.45) is 0. The lowest BCUT2D eigenvalue weighted by atomic mass is 10.2. The number of aryl methyl sites for hydroxylation is 1. The van der Waals surface area contributed by atoms with Gasteiger partial charge in [0.1, 0.15) is 5.75 Å². The molecule has 7 heteroatoms. The number of hydrogen-bond donors (Lipinski definition) is 1. The largest absolute Gasteiger partial charge is 0.455 e. The highest BCUT2D eigenvalue weighted by molar-refractivity contribution is 5.91. The number of nitrogens with zero attached hydrogens (tertiary/aromatic N) is 3. The molecule has 0 bridgehead atoms. The maximum absolute atomic E-state index is 12.8. The Labute approximate surface area is 169 Å². The number of aromatic nitrogens is 1. The zero-order valence-corrected chi connectivity index (χ0v) is 16.4. The average Bonchev–Trinajstić information content (AvgIpc) is 3.15. The van der Waals surface area contributed by atoms with Gasteiger partial charge in [-0.15, -0.1) is 0 Å². The summed E-state index contributed by atoms with van der Waals surface area (Å²) in [5, 5.41) is 6.91. The first-order chi connectivity index (χ1) is 14.2. The van der Waals surface area contributed by atoms with E-state index in [1.165, 1.54) is 0 Å². The van der Waals surface area contributed by atoms with Gasteiger partial charge in [-0.05, 0) is 31.2 Å². The van der Waals surface area contributed by atoms with Crippen LogP contribution in [0, 0.1) is 6.92 Å². The lowest BCUT2D eigenvalue weighted by Crippen LogP contribution is -2.49. The summed E-state index contributed by atoms with van der Waals surface area (Å²) in [5.74, 6) is 2.20. The first kappa shape index (κ1) is 19.0. The molecule has 1 saturated heterocycles. The molecule has 2 amide bonds. The van der Waals surface area contributed by atoms with Crippen molar-refractivity contribution in [3.8, 4) is 11.5 Å². The van der Waals surface area contributed by atoms with Gasteiger partial charge in [0.25, 0.3) is 0 Å². The van der Waals surface area contributed by atoms with Crippen molar-refractivity contribution in [2.45, 2.75) is 13.5 Å². The number of carbonyl (C=O) groups excluding carboxylic acids is 1. The van der Waals surface area contributed by atoms with Crippen LogP contribution in [-0.2, 0) is 6.54 Å². The van der Waals surface area contributed by atoms with Crippen LogP contribution in [0.5, 0.6) is 11.5 Å². The molecule has 0 radical (unpaired) electrons. The molecule has 0 spiro atoms. The standard InChI is InChI=1S/C22H24N4O3/c1-17-15-19(29-24-17)16-25-11-13-26(14-12-25)22(27)23-20-9-5-6-10-21(20)28-18-7-3-2-4-8-18/h2-10,15H,11-14,16H2,1H3,(H,23,27). The van der Waals surface area contributed by atoms with Crippen molar-refractivity contribution >= 4 is 11.7 Å². The second kappa shape index (κ2) is 8.79. The highest BCUT2D eigenvalue weighted by Gasteiger charge is 2.22. The number of ether oxygens (including phenoxy) is 1. The molecule has 7 nitrogen and oxygen atoms in total. The molecule has 2 heterocycles. The summed E-state index contributed by atoms with van der Waals surface area (Å²) < 4.78 is 11.2. The number of urea groups is 1. The summed E-state index contributed by atoms with van der Waals surface area (Å²) in [6.45, 7) is 5.50. The third-order valence-electron chi connectivity index (χ3n) is 4.82. The van der Waals surface area contributed by atoms with Gasteiger partial charge in [0, 0.05) is 32.2 Å². The number of anilines is 1. The molecule has 0 aliphatic carbocycles. The van der Waals surface area contributed by atoms with Gasteiger partial charge in [-0.25, -0.2) is 4.79 Å². The maximum Gasteiger partial charge on any atom is 0.322 e. The van der Waals surface area contributed by atoms with Gasteiger partial charge in [0.15, 0.2) is 11.5 Å². The van der Waals surface area contributed by atoms with Crippen molar-refractivity contribution in [2.24, 2.45) is 0 Å². The van der Waals surface area contributed by atoms with Crippen molar-refractivity contribution in [1.82, 2.24) is 15.0 Å². The molecule has 4 rings (SSSR count). The minimum Gasteiger partial charge on any atom is -0.455 e. The lowest BCUT2D eigenvalue weighted by molar-refractivity contribution is 0.134. The van der Waals surface area contributed by atoms with E-state index in [9.17, 15) is 4.79 Å². The molecule has 3 aromatic rings. The van der Waals surface area contributed by atoms with Gasteiger partial charge >= 0.3 is 6.03 Å². The van der Waals surface area contributed by atoms with Crippen LogP contribution >= 0.6 is 0 Å². The molecule has 150 valence electrons. The summed E-state index contributed by atoms with van der Waals surface area (Å²) in [6, 6.07) is 18.8. The van der Waals surface area contributed by atoms with Crippen LogP contribution in [0.4, 0.5) is 10.5 Å². The Hall–Kier alpha value is -3.32. The van der Waals surface area contributed by atoms with Crippen molar-refractivity contribution in [3.05, 3.63) is 72.1 Å². The average molecular weight is 392 g/mol. The Morgan fingerprint density at radius 1 is 1.07 bits per heavy atom. The van der Waals surface area contributed by atoms with Crippen molar-refractivity contribution in [1.29, 1.82) is 0 Å². The highest BCUT2D eigenvalue weighted by Crippen LogP contribution is 2.29. The zero-order chi connectivity index (χ0) is 20.1. The molecule has 0 atom stereocenters.